The molecule has 24 heavy (non-hydrogen) atoms. The summed E-state index contributed by atoms with van der Waals surface area (Å²) in [4.78, 5) is 11.3. The number of benzene rings is 2. The third kappa shape index (κ3) is 5.43. The third-order valence-electron chi connectivity index (χ3n) is 3.38. The van der Waals surface area contributed by atoms with Crippen molar-refractivity contribution >= 4 is 16.0 Å². The van der Waals surface area contributed by atoms with Crippen molar-refractivity contribution in [1.82, 2.24) is 4.72 Å². The summed E-state index contributed by atoms with van der Waals surface area (Å²) in [7, 11) is -2.18. The van der Waals surface area contributed by atoms with Gasteiger partial charge in [-0.15, -0.1) is 0 Å². The molecule has 0 amide bonds. The van der Waals surface area contributed by atoms with Gasteiger partial charge in [-0.3, -0.25) is 0 Å². The number of hydrogen-bond donors (Lipinski definition) is 1. The lowest BCUT2D eigenvalue weighted by molar-refractivity contribution is 0.0600. The van der Waals surface area contributed by atoms with Gasteiger partial charge in [-0.25, -0.2) is 22.3 Å². The monoisotopic (exact) mass is 351 g/mol. The Hall–Kier alpha value is -2.25. The van der Waals surface area contributed by atoms with E-state index < -0.39 is 21.8 Å². The molecule has 2 aromatic rings. The van der Waals surface area contributed by atoms with Crippen LogP contribution >= 0.6 is 0 Å². The lowest BCUT2D eigenvalue weighted by Gasteiger charge is -2.07. The van der Waals surface area contributed by atoms with Gasteiger partial charge in [-0.2, -0.15) is 0 Å². The Bertz CT molecular complexity index is 786. The largest absolute Gasteiger partial charge is 0.465 e. The van der Waals surface area contributed by atoms with Crippen LogP contribution in [0.4, 0.5) is 4.39 Å². The summed E-state index contributed by atoms with van der Waals surface area (Å²) in [6.45, 7) is 0.237. The first-order valence-corrected chi connectivity index (χ1v) is 8.94. The van der Waals surface area contributed by atoms with Gasteiger partial charge in [0.15, 0.2) is 0 Å². The average molecular weight is 351 g/mol. The van der Waals surface area contributed by atoms with Crippen molar-refractivity contribution in [2.75, 3.05) is 13.7 Å². The lowest BCUT2D eigenvalue weighted by atomic mass is 10.1. The van der Waals surface area contributed by atoms with E-state index in [1.807, 2.05) is 0 Å². The van der Waals surface area contributed by atoms with E-state index in [4.69, 9.17) is 0 Å². The molecule has 0 saturated carbocycles. The number of hydrogen-bond acceptors (Lipinski definition) is 4. The van der Waals surface area contributed by atoms with E-state index in [9.17, 15) is 17.6 Å². The third-order valence-corrected chi connectivity index (χ3v) is 4.74. The number of carbonyl (C=O) groups excluding carboxylic acids is 1. The molecule has 2 rings (SSSR count). The van der Waals surface area contributed by atoms with E-state index in [0.29, 0.717) is 17.5 Å². The summed E-state index contributed by atoms with van der Waals surface area (Å²) < 4.78 is 43.9. The standard InChI is InChI=1S/C17H18FNO4S/c1-23-17(20)15-6-2-13(3-7-15)10-11-19-24(21,22)12-14-4-8-16(18)9-5-14/h2-9,19H,10-12H2,1H3. The van der Waals surface area contributed by atoms with Gasteiger partial charge in [0.25, 0.3) is 0 Å². The smallest absolute Gasteiger partial charge is 0.337 e. The molecule has 0 bridgehead atoms. The fraction of sp³-hybridized carbons (Fsp3) is 0.235. The Morgan fingerprint density at radius 1 is 1.04 bits per heavy atom. The topological polar surface area (TPSA) is 72.5 Å². The Balaban J connectivity index is 1.86. The summed E-state index contributed by atoms with van der Waals surface area (Å²) in [6.07, 6.45) is 0.490. The van der Waals surface area contributed by atoms with Gasteiger partial charge >= 0.3 is 5.97 Å². The van der Waals surface area contributed by atoms with Crippen molar-refractivity contribution in [2.45, 2.75) is 12.2 Å². The van der Waals surface area contributed by atoms with Crippen LogP contribution in [0.15, 0.2) is 48.5 Å². The van der Waals surface area contributed by atoms with Crippen LogP contribution in [0.25, 0.3) is 0 Å². The second-order valence-electron chi connectivity index (χ2n) is 5.22. The van der Waals surface area contributed by atoms with E-state index in [0.717, 1.165) is 5.56 Å². The highest BCUT2D eigenvalue weighted by atomic mass is 32.2. The second kappa shape index (κ2) is 8.03. The molecule has 0 aromatic heterocycles. The minimum Gasteiger partial charge on any atom is -0.465 e. The van der Waals surface area contributed by atoms with E-state index >= 15 is 0 Å². The second-order valence-corrected chi connectivity index (χ2v) is 7.03. The maximum absolute atomic E-state index is 12.8. The molecule has 0 saturated heterocycles. The Kier molecular flexibility index (Phi) is 6.05. The van der Waals surface area contributed by atoms with Crippen LogP contribution < -0.4 is 4.72 Å². The SMILES string of the molecule is COC(=O)c1ccc(CCNS(=O)(=O)Cc2ccc(F)cc2)cc1. The summed E-state index contributed by atoms with van der Waals surface area (Å²) >= 11 is 0. The van der Waals surface area contributed by atoms with E-state index in [-0.39, 0.29) is 12.3 Å². The highest BCUT2D eigenvalue weighted by molar-refractivity contribution is 7.88. The van der Waals surface area contributed by atoms with Gasteiger partial charge in [0, 0.05) is 6.54 Å². The molecule has 128 valence electrons. The van der Waals surface area contributed by atoms with E-state index in [2.05, 4.69) is 9.46 Å². The average Bonchev–Trinajstić information content (AvgIpc) is 2.56. The number of methoxy groups -OCH3 is 1. The first-order chi connectivity index (χ1) is 11.4. The highest BCUT2D eigenvalue weighted by Gasteiger charge is 2.11. The maximum Gasteiger partial charge on any atom is 0.337 e. The van der Waals surface area contributed by atoms with Crippen molar-refractivity contribution in [3.05, 3.63) is 71.0 Å². The predicted molar refractivity (Wildman–Crippen MR) is 88.5 cm³/mol. The van der Waals surface area contributed by atoms with Gasteiger partial charge in [0.1, 0.15) is 5.82 Å². The Morgan fingerprint density at radius 3 is 2.21 bits per heavy atom. The Morgan fingerprint density at radius 2 is 1.62 bits per heavy atom. The first kappa shape index (κ1) is 18.1. The molecule has 7 heteroatoms. The molecule has 1 N–H and O–H groups in total. The molecule has 0 heterocycles. The maximum atomic E-state index is 12.8. The lowest BCUT2D eigenvalue weighted by Crippen LogP contribution is -2.27. The molecule has 0 atom stereocenters. The van der Waals surface area contributed by atoms with Crippen molar-refractivity contribution < 1.29 is 22.3 Å². The molecule has 0 aliphatic rings. The van der Waals surface area contributed by atoms with Crippen molar-refractivity contribution in [2.24, 2.45) is 0 Å². The summed E-state index contributed by atoms with van der Waals surface area (Å²) in [6, 6.07) is 12.1. The number of esters is 1. The molecular weight excluding hydrogens is 333 g/mol. The number of sulfonamides is 1. The molecule has 0 aliphatic carbocycles. The number of carbonyl (C=O) groups is 1. The molecular formula is C17H18FNO4S. The van der Waals surface area contributed by atoms with E-state index in [1.54, 1.807) is 24.3 Å². The van der Waals surface area contributed by atoms with Crippen LogP contribution in [0.2, 0.25) is 0 Å². The molecule has 0 radical (unpaired) electrons. The zero-order valence-electron chi connectivity index (χ0n) is 13.2. The van der Waals surface area contributed by atoms with Crippen LogP contribution in [0.3, 0.4) is 0 Å². The van der Waals surface area contributed by atoms with Crippen LogP contribution in [-0.2, 0) is 26.9 Å². The van der Waals surface area contributed by atoms with Crippen molar-refractivity contribution in [3.63, 3.8) is 0 Å². The molecule has 0 aliphatic heterocycles. The van der Waals surface area contributed by atoms with Gasteiger partial charge < -0.3 is 4.74 Å². The van der Waals surface area contributed by atoms with Crippen molar-refractivity contribution in [3.8, 4) is 0 Å². The van der Waals surface area contributed by atoms with Crippen LogP contribution in [0.1, 0.15) is 21.5 Å². The zero-order chi connectivity index (χ0) is 17.6. The molecule has 0 unspecified atom stereocenters. The minimum atomic E-state index is -3.49. The fourth-order valence-corrected chi connectivity index (χ4v) is 3.27. The number of rotatable bonds is 7. The molecule has 5 nitrogen and oxygen atoms in total. The summed E-state index contributed by atoms with van der Waals surface area (Å²) in [5.74, 6) is -1.02. The zero-order valence-corrected chi connectivity index (χ0v) is 14.0. The molecule has 2 aromatic carbocycles. The van der Waals surface area contributed by atoms with E-state index in [1.165, 1.54) is 31.4 Å². The predicted octanol–water partition coefficient (Wildman–Crippen LogP) is 2.27. The Labute approximate surface area is 140 Å². The summed E-state index contributed by atoms with van der Waals surface area (Å²) in [5, 5.41) is 0. The van der Waals surface area contributed by atoms with Crippen molar-refractivity contribution in [1.29, 1.82) is 0 Å². The number of ether oxygens (including phenoxy) is 1. The van der Waals surface area contributed by atoms with Crippen LogP contribution in [0, 0.1) is 5.82 Å². The van der Waals surface area contributed by atoms with Gasteiger partial charge in [-0.05, 0) is 41.8 Å². The van der Waals surface area contributed by atoms with Gasteiger partial charge in [0.05, 0.1) is 18.4 Å². The highest BCUT2D eigenvalue weighted by Crippen LogP contribution is 2.08. The quantitative estimate of drug-likeness (QED) is 0.777. The normalized spacial score (nSPS) is 11.2. The number of halogens is 1. The van der Waals surface area contributed by atoms with Crippen LogP contribution in [0.5, 0.6) is 0 Å². The molecule has 0 fully saturated rings. The fourth-order valence-electron chi connectivity index (χ4n) is 2.13. The molecule has 0 spiro atoms. The van der Waals surface area contributed by atoms with Gasteiger partial charge in [0.2, 0.25) is 10.0 Å². The minimum absolute atomic E-state index is 0.200. The number of nitrogens with one attached hydrogen (secondary N) is 1. The van der Waals surface area contributed by atoms with Gasteiger partial charge in [-0.1, -0.05) is 24.3 Å². The van der Waals surface area contributed by atoms with Crippen LogP contribution in [-0.4, -0.2) is 28.0 Å². The summed E-state index contributed by atoms with van der Waals surface area (Å²) in [5.41, 5.74) is 1.86. The first-order valence-electron chi connectivity index (χ1n) is 7.29.